The van der Waals surface area contributed by atoms with Gasteiger partial charge in [-0.15, -0.1) is 0 Å². The number of amides is 2. The molecule has 2 N–H and O–H groups in total. The summed E-state index contributed by atoms with van der Waals surface area (Å²) >= 11 is 0. The van der Waals surface area contributed by atoms with Gasteiger partial charge in [-0.25, -0.2) is 0 Å². The lowest BCUT2D eigenvalue weighted by molar-refractivity contribution is -0.141. The largest absolute Gasteiger partial charge is 0.342 e. The number of carbonyl (C=O) groups excluding carboxylic acids is 2. The molecule has 0 radical (unpaired) electrons. The molecule has 5 nitrogen and oxygen atoms in total. The van der Waals surface area contributed by atoms with Crippen LogP contribution >= 0.6 is 0 Å². The summed E-state index contributed by atoms with van der Waals surface area (Å²) in [6.45, 7) is 2.78. The van der Waals surface area contributed by atoms with Crippen molar-refractivity contribution in [1.29, 1.82) is 0 Å². The number of hydrogen-bond donors (Lipinski definition) is 1. The monoisotopic (exact) mass is 329 g/mol. The number of nitrogens with zero attached hydrogens (tertiary/aromatic N) is 2. The zero-order valence-electron chi connectivity index (χ0n) is 14.2. The average Bonchev–Trinajstić information content (AvgIpc) is 2.62. The summed E-state index contributed by atoms with van der Waals surface area (Å²) in [5.74, 6) is 0.236. The Hall–Kier alpha value is -1.88. The lowest BCUT2D eigenvalue weighted by Gasteiger charge is -2.37. The number of benzene rings is 1. The number of piperidine rings is 2. The molecule has 0 saturated carbocycles. The van der Waals surface area contributed by atoms with Crippen molar-refractivity contribution in [3.63, 3.8) is 0 Å². The molecule has 0 aliphatic carbocycles. The van der Waals surface area contributed by atoms with E-state index in [0.29, 0.717) is 19.5 Å². The summed E-state index contributed by atoms with van der Waals surface area (Å²) in [6.07, 6.45) is 4.17. The molecule has 24 heavy (non-hydrogen) atoms. The topological polar surface area (TPSA) is 66.6 Å². The van der Waals surface area contributed by atoms with Gasteiger partial charge in [-0.05, 0) is 31.2 Å². The average molecular weight is 329 g/mol. The third kappa shape index (κ3) is 4.15. The SMILES string of the molecule is NC1CCCN(C(=O)C2CCCN(C(=O)Cc3ccccc3)C2)C1. The molecule has 0 spiro atoms. The van der Waals surface area contributed by atoms with E-state index in [2.05, 4.69) is 0 Å². The molecule has 1 aromatic rings. The Morgan fingerprint density at radius 1 is 1.00 bits per heavy atom. The number of likely N-dealkylation sites (tertiary alicyclic amines) is 2. The summed E-state index contributed by atoms with van der Waals surface area (Å²) < 4.78 is 0. The molecule has 0 bridgehead atoms. The summed E-state index contributed by atoms with van der Waals surface area (Å²) in [5, 5.41) is 0. The van der Waals surface area contributed by atoms with E-state index < -0.39 is 0 Å². The lowest BCUT2D eigenvalue weighted by atomic mass is 9.94. The maximum Gasteiger partial charge on any atom is 0.227 e. The van der Waals surface area contributed by atoms with Crippen LogP contribution in [0.25, 0.3) is 0 Å². The first-order valence-corrected chi connectivity index (χ1v) is 8.99. The fourth-order valence-electron chi connectivity index (χ4n) is 3.76. The molecule has 5 heteroatoms. The second kappa shape index (κ2) is 7.79. The van der Waals surface area contributed by atoms with Gasteiger partial charge < -0.3 is 15.5 Å². The summed E-state index contributed by atoms with van der Waals surface area (Å²) in [5.41, 5.74) is 7.02. The maximum atomic E-state index is 12.8. The van der Waals surface area contributed by atoms with Crippen LogP contribution in [0.3, 0.4) is 0 Å². The van der Waals surface area contributed by atoms with Crippen molar-refractivity contribution in [3.8, 4) is 0 Å². The Labute approximate surface area is 143 Å². The highest BCUT2D eigenvalue weighted by Crippen LogP contribution is 2.21. The summed E-state index contributed by atoms with van der Waals surface area (Å²) in [4.78, 5) is 29.1. The van der Waals surface area contributed by atoms with Crippen LogP contribution in [0, 0.1) is 5.92 Å². The van der Waals surface area contributed by atoms with Crippen LogP contribution in [0.5, 0.6) is 0 Å². The molecule has 2 fully saturated rings. The molecule has 3 rings (SSSR count). The molecule has 2 unspecified atom stereocenters. The number of carbonyl (C=O) groups is 2. The molecule has 2 amide bonds. The molecular weight excluding hydrogens is 302 g/mol. The van der Waals surface area contributed by atoms with Gasteiger partial charge in [-0.2, -0.15) is 0 Å². The highest BCUT2D eigenvalue weighted by Gasteiger charge is 2.32. The van der Waals surface area contributed by atoms with Crippen LogP contribution < -0.4 is 5.73 Å². The zero-order valence-corrected chi connectivity index (χ0v) is 14.2. The highest BCUT2D eigenvalue weighted by molar-refractivity contribution is 5.82. The first-order valence-electron chi connectivity index (χ1n) is 8.99. The molecule has 2 heterocycles. The normalized spacial score (nSPS) is 24.7. The van der Waals surface area contributed by atoms with Gasteiger partial charge in [0.15, 0.2) is 0 Å². The lowest BCUT2D eigenvalue weighted by Crippen LogP contribution is -2.51. The van der Waals surface area contributed by atoms with Gasteiger partial charge in [0.05, 0.1) is 12.3 Å². The highest BCUT2D eigenvalue weighted by atomic mass is 16.2. The van der Waals surface area contributed by atoms with Crippen molar-refractivity contribution in [2.45, 2.75) is 38.1 Å². The van der Waals surface area contributed by atoms with Gasteiger partial charge in [0, 0.05) is 32.2 Å². The third-order valence-corrected chi connectivity index (χ3v) is 5.09. The molecule has 2 aliphatic heterocycles. The van der Waals surface area contributed by atoms with Crippen LogP contribution in [0.2, 0.25) is 0 Å². The molecule has 2 saturated heterocycles. The van der Waals surface area contributed by atoms with Crippen molar-refractivity contribution in [2.24, 2.45) is 11.7 Å². The van der Waals surface area contributed by atoms with Crippen LogP contribution in [0.1, 0.15) is 31.2 Å². The smallest absolute Gasteiger partial charge is 0.227 e. The Balaban J connectivity index is 1.57. The molecule has 2 atom stereocenters. The fourth-order valence-corrected chi connectivity index (χ4v) is 3.76. The number of nitrogens with two attached hydrogens (primary N) is 1. The van der Waals surface area contributed by atoms with Gasteiger partial charge in [0.2, 0.25) is 11.8 Å². The van der Waals surface area contributed by atoms with Crippen molar-refractivity contribution in [1.82, 2.24) is 9.80 Å². The van der Waals surface area contributed by atoms with Crippen molar-refractivity contribution in [3.05, 3.63) is 35.9 Å². The van der Waals surface area contributed by atoms with E-state index >= 15 is 0 Å². The first-order chi connectivity index (χ1) is 11.6. The Morgan fingerprint density at radius 2 is 1.71 bits per heavy atom. The minimum atomic E-state index is -0.0660. The molecule has 2 aliphatic rings. The van der Waals surface area contributed by atoms with Gasteiger partial charge in [0.25, 0.3) is 0 Å². The van der Waals surface area contributed by atoms with E-state index in [0.717, 1.165) is 44.3 Å². The zero-order chi connectivity index (χ0) is 16.9. The van der Waals surface area contributed by atoms with E-state index in [-0.39, 0.29) is 23.8 Å². The molecule has 1 aromatic carbocycles. The van der Waals surface area contributed by atoms with Crippen molar-refractivity contribution in [2.75, 3.05) is 26.2 Å². The van der Waals surface area contributed by atoms with Crippen LogP contribution in [-0.4, -0.2) is 53.8 Å². The second-order valence-corrected chi connectivity index (χ2v) is 7.03. The van der Waals surface area contributed by atoms with E-state index in [1.165, 1.54) is 0 Å². The third-order valence-electron chi connectivity index (χ3n) is 5.09. The second-order valence-electron chi connectivity index (χ2n) is 7.03. The van der Waals surface area contributed by atoms with Gasteiger partial charge >= 0.3 is 0 Å². The standard InChI is InChI=1S/C19H27N3O2/c20-17-9-5-11-22(14-17)19(24)16-8-4-10-21(13-16)18(23)12-15-6-2-1-3-7-15/h1-3,6-7,16-17H,4-5,8-14,20H2. The molecule has 130 valence electrons. The fraction of sp³-hybridized carbons (Fsp3) is 0.579. The summed E-state index contributed by atoms with van der Waals surface area (Å²) in [7, 11) is 0. The van der Waals surface area contributed by atoms with Gasteiger partial charge in [0.1, 0.15) is 0 Å². The van der Waals surface area contributed by atoms with Crippen molar-refractivity contribution < 1.29 is 9.59 Å². The molecule has 0 aromatic heterocycles. The summed E-state index contributed by atoms with van der Waals surface area (Å²) in [6, 6.07) is 9.89. The van der Waals surface area contributed by atoms with Crippen LogP contribution in [0.4, 0.5) is 0 Å². The van der Waals surface area contributed by atoms with E-state index in [1.807, 2.05) is 40.1 Å². The van der Waals surface area contributed by atoms with Gasteiger partial charge in [-0.3, -0.25) is 9.59 Å². The first kappa shape index (κ1) is 17.0. The minimum Gasteiger partial charge on any atom is -0.342 e. The van der Waals surface area contributed by atoms with E-state index in [9.17, 15) is 9.59 Å². The van der Waals surface area contributed by atoms with Gasteiger partial charge in [-0.1, -0.05) is 30.3 Å². The van der Waals surface area contributed by atoms with Crippen LogP contribution in [0.15, 0.2) is 30.3 Å². The minimum absolute atomic E-state index is 0.0660. The van der Waals surface area contributed by atoms with Crippen molar-refractivity contribution >= 4 is 11.8 Å². The molecular formula is C19H27N3O2. The quantitative estimate of drug-likeness (QED) is 0.912. The maximum absolute atomic E-state index is 12.8. The Morgan fingerprint density at radius 3 is 2.46 bits per heavy atom. The Kier molecular flexibility index (Phi) is 5.51. The number of rotatable bonds is 3. The van der Waals surface area contributed by atoms with Crippen LogP contribution in [-0.2, 0) is 16.0 Å². The predicted octanol–water partition coefficient (Wildman–Crippen LogP) is 1.42. The van der Waals surface area contributed by atoms with E-state index in [1.54, 1.807) is 0 Å². The number of hydrogen-bond acceptors (Lipinski definition) is 3. The Bertz CT molecular complexity index is 575. The predicted molar refractivity (Wildman–Crippen MR) is 93.2 cm³/mol. The van der Waals surface area contributed by atoms with E-state index in [4.69, 9.17) is 5.73 Å².